The number of hydrogen-bond acceptors (Lipinski definition) is 3. The van der Waals surface area contributed by atoms with Crippen molar-refractivity contribution in [2.45, 2.75) is 51.7 Å². The van der Waals surface area contributed by atoms with Crippen molar-refractivity contribution in [3.05, 3.63) is 0 Å². The number of hydrogen-bond donors (Lipinski definition) is 1. The van der Waals surface area contributed by atoms with Crippen molar-refractivity contribution in [1.82, 2.24) is 5.32 Å². The molecule has 4 heteroatoms. The summed E-state index contributed by atoms with van der Waals surface area (Å²) in [7, 11) is 0. The highest BCUT2D eigenvalue weighted by atomic mass is 16.6. The molecule has 80 valence electrons. The number of carbonyl (C=O) groups excluding carboxylic acids is 2. The molecule has 1 atom stereocenters. The van der Waals surface area contributed by atoms with Crippen LogP contribution in [0.15, 0.2) is 0 Å². The van der Waals surface area contributed by atoms with Crippen LogP contribution in [-0.4, -0.2) is 23.5 Å². The summed E-state index contributed by atoms with van der Waals surface area (Å²) >= 11 is 0. The van der Waals surface area contributed by atoms with E-state index >= 15 is 0 Å². The summed E-state index contributed by atoms with van der Waals surface area (Å²) in [5, 5.41) is 2.65. The van der Waals surface area contributed by atoms with E-state index in [2.05, 4.69) is 5.32 Å². The van der Waals surface area contributed by atoms with Crippen LogP contribution < -0.4 is 5.32 Å². The molecule has 1 N–H and O–H groups in total. The monoisotopic (exact) mass is 199 g/mol. The molecule has 1 unspecified atom stereocenters. The largest absolute Gasteiger partial charge is 0.438 e. The normalized spacial score (nSPS) is 22.2. The highest BCUT2D eigenvalue weighted by molar-refractivity contribution is 5.87. The first-order chi connectivity index (χ1) is 6.38. The minimum absolute atomic E-state index is 0.0362. The lowest BCUT2D eigenvalue weighted by molar-refractivity contribution is -0.124. The molecule has 1 fully saturated rings. The van der Waals surface area contributed by atoms with Gasteiger partial charge in [0.1, 0.15) is 0 Å². The average molecular weight is 199 g/mol. The second-order valence-electron chi connectivity index (χ2n) is 4.63. The Kier molecular flexibility index (Phi) is 3.13. The summed E-state index contributed by atoms with van der Waals surface area (Å²) in [6.45, 7) is 5.60. The minimum Gasteiger partial charge on any atom is -0.438 e. The third kappa shape index (κ3) is 3.36. The Morgan fingerprint density at radius 1 is 1.50 bits per heavy atom. The van der Waals surface area contributed by atoms with Crippen LogP contribution in [0.1, 0.15) is 40.0 Å². The zero-order valence-corrected chi connectivity index (χ0v) is 8.92. The molecule has 1 aliphatic carbocycles. The topological polar surface area (TPSA) is 55.4 Å². The first-order valence-electron chi connectivity index (χ1n) is 4.90. The van der Waals surface area contributed by atoms with Crippen molar-refractivity contribution >= 4 is 11.9 Å². The Hall–Kier alpha value is -1.06. The van der Waals surface area contributed by atoms with Gasteiger partial charge >= 0.3 is 6.09 Å². The predicted octanol–water partition coefficient (Wildman–Crippen LogP) is 1.63. The molecule has 0 aromatic carbocycles. The van der Waals surface area contributed by atoms with Crippen LogP contribution in [0.4, 0.5) is 4.79 Å². The molecule has 0 heterocycles. The Morgan fingerprint density at radius 3 is 2.57 bits per heavy atom. The lowest BCUT2D eigenvalue weighted by Crippen LogP contribution is -2.42. The second kappa shape index (κ2) is 3.98. The van der Waals surface area contributed by atoms with Gasteiger partial charge in [0.15, 0.2) is 11.9 Å². The van der Waals surface area contributed by atoms with Gasteiger partial charge in [-0.1, -0.05) is 0 Å². The summed E-state index contributed by atoms with van der Waals surface area (Å²) in [4.78, 5) is 22.4. The molecular formula is C10H17NO3. The summed E-state index contributed by atoms with van der Waals surface area (Å²) < 4.78 is 5.00. The Labute approximate surface area is 84.0 Å². The van der Waals surface area contributed by atoms with Crippen molar-refractivity contribution in [2.75, 3.05) is 0 Å². The first kappa shape index (κ1) is 11.0. The molecule has 1 saturated carbocycles. The van der Waals surface area contributed by atoms with E-state index in [0.717, 1.165) is 6.42 Å². The third-order valence-electron chi connectivity index (χ3n) is 1.97. The quantitative estimate of drug-likeness (QED) is 0.698. The predicted molar refractivity (Wildman–Crippen MR) is 52.0 cm³/mol. The Morgan fingerprint density at radius 2 is 2.14 bits per heavy atom. The van der Waals surface area contributed by atoms with Crippen LogP contribution in [-0.2, 0) is 9.53 Å². The molecule has 0 radical (unpaired) electrons. The molecule has 0 bridgehead atoms. The minimum atomic E-state index is -0.516. The van der Waals surface area contributed by atoms with E-state index in [0.29, 0.717) is 12.8 Å². The second-order valence-corrected chi connectivity index (χ2v) is 4.63. The van der Waals surface area contributed by atoms with E-state index in [1.165, 1.54) is 0 Å². The van der Waals surface area contributed by atoms with Gasteiger partial charge < -0.3 is 10.1 Å². The summed E-state index contributed by atoms with van der Waals surface area (Å²) in [5.41, 5.74) is -0.321. The highest BCUT2D eigenvalue weighted by Gasteiger charge is 2.28. The molecule has 0 saturated heterocycles. The van der Waals surface area contributed by atoms with Crippen molar-refractivity contribution in [2.24, 2.45) is 0 Å². The van der Waals surface area contributed by atoms with E-state index in [1.54, 1.807) is 0 Å². The zero-order chi connectivity index (χ0) is 10.8. The summed E-state index contributed by atoms with van der Waals surface area (Å²) in [6, 6.07) is 0. The van der Waals surface area contributed by atoms with Gasteiger partial charge in [0.25, 0.3) is 0 Å². The van der Waals surface area contributed by atoms with E-state index in [9.17, 15) is 9.59 Å². The number of ketones is 1. The van der Waals surface area contributed by atoms with E-state index in [-0.39, 0.29) is 11.3 Å². The number of alkyl carbamates (subject to hydrolysis) is 1. The fourth-order valence-corrected chi connectivity index (χ4v) is 1.37. The SMILES string of the molecule is CC(C)(C)NC(=O)OC1CCCC1=O. The van der Waals surface area contributed by atoms with E-state index < -0.39 is 12.2 Å². The van der Waals surface area contributed by atoms with Crippen LogP contribution >= 0.6 is 0 Å². The zero-order valence-electron chi connectivity index (χ0n) is 8.92. The third-order valence-corrected chi connectivity index (χ3v) is 1.97. The maximum absolute atomic E-state index is 11.3. The van der Waals surface area contributed by atoms with E-state index in [4.69, 9.17) is 4.74 Å². The lowest BCUT2D eigenvalue weighted by atomic mass is 10.1. The maximum atomic E-state index is 11.3. The van der Waals surface area contributed by atoms with Gasteiger partial charge in [-0.3, -0.25) is 4.79 Å². The number of ether oxygens (including phenoxy) is 1. The van der Waals surface area contributed by atoms with Gasteiger partial charge in [0.05, 0.1) is 0 Å². The molecule has 1 amide bonds. The van der Waals surface area contributed by atoms with E-state index in [1.807, 2.05) is 20.8 Å². The van der Waals surface area contributed by atoms with Gasteiger partial charge in [0.2, 0.25) is 0 Å². The summed E-state index contributed by atoms with van der Waals surface area (Å²) in [5.74, 6) is 0.0362. The summed E-state index contributed by atoms with van der Waals surface area (Å²) in [6.07, 6.45) is 1.01. The van der Waals surface area contributed by atoms with Gasteiger partial charge in [0, 0.05) is 12.0 Å². The molecule has 0 aromatic rings. The smallest absolute Gasteiger partial charge is 0.408 e. The molecular weight excluding hydrogens is 182 g/mol. The lowest BCUT2D eigenvalue weighted by Gasteiger charge is -2.21. The van der Waals surface area contributed by atoms with Crippen LogP contribution in [0.25, 0.3) is 0 Å². The van der Waals surface area contributed by atoms with Crippen LogP contribution in [0.2, 0.25) is 0 Å². The van der Waals surface area contributed by atoms with Crippen LogP contribution in [0, 0.1) is 0 Å². The molecule has 0 spiro atoms. The van der Waals surface area contributed by atoms with Gasteiger partial charge in [-0.05, 0) is 33.6 Å². The first-order valence-corrected chi connectivity index (χ1v) is 4.90. The number of carbonyl (C=O) groups is 2. The van der Waals surface area contributed by atoms with Gasteiger partial charge in [-0.25, -0.2) is 4.79 Å². The van der Waals surface area contributed by atoms with Crippen molar-refractivity contribution < 1.29 is 14.3 Å². The molecule has 1 aliphatic rings. The standard InChI is InChI=1S/C10H17NO3/c1-10(2,3)11-9(13)14-8-6-4-5-7(8)12/h8H,4-6H2,1-3H3,(H,11,13). The molecule has 14 heavy (non-hydrogen) atoms. The average Bonchev–Trinajstić information content (AvgIpc) is 2.32. The fraction of sp³-hybridized carbons (Fsp3) is 0.800. The number of amides is 1. The fourth-order valence-electron chi connectivity index (χ4n) is 1.37. The van der Waals surface area contributed by atoms with Crippen LogP contribution in [0.3, 0.4) is 0 Å². The highest BCUT2D eigenvalue weighted by Crippen LogP contribution is 2.17. The molecule has 4 nitrogen and oxygen atoms in total. The number of Topliss-reactive ketones (excluding diaryl/α,β-unsaturated/α-hetero) is 1. The Balaban J connectivity index is 2.37. The van der Waals surface area contributed by atoms with Gasteiger partial charge in [-0.15, -0.1) is 0 Å². The van der Waals surface area contributed by atoms with Crippen molar-refractivity contribution in [3.8, 4) is 0 Å². The van der Waals surface area contributed by atoms with Crippen molar-refractivity contribution in [1.29, 1.82) is 0 Å². The van der Waals surface area contributed by atoms with Crippen molar-refractivity contribution in [3.63, 3.8) is 0 Å². The van der Waals surface area contributed by atoms with Crippen LogP contribution in [0.5, 0.6) is 0 Å². The Bertz CT molecular complexity index is 242. The number of rotatable bonds is 1. The molecule has 0 aromatic heterocycles. The maximum Gasteiger partial charge on any atom is 0.408 e. The van der Waals surface area contributed by atoms with Gasteiger partial charge in [-0.2, -0.15) is 0 Å². The number of nitrogens with one attached hydrogen (secondary N) is 1. The molecule has 1 rings (SSSR count). The molecule has 0 aliphatic heterocycles.